The summed E-state index contributed by atoms with van der Waals surface area (Å²) in [5.74, 6) is 0. The standard InChI is InChI=1S/C8H9ClN2O/c1-8(2-3-12-8)6-4-10-7(9)11-5-6/h4-5H,2-3H2,1H3. The fourth-order valence-corrected chi connectivity index (χ4v) is 1.32. The smallest absolute Gasteiger partial charge is 0.222 e. The molecule has 1 unspecified atom stereocenters. The Hall–Kier alpha value is -0.670. The highest BCUT2D eigenvalue weighted by Gasteiger charge is 2.35. The maximum absolute atomic E-state index is 5.56. The van der Waals surface area contributed by atoms with Gasteiger partial charge in [-0.3, -0.25) is 0 Å². The van der Waals surface area contributed by atoms with Gasteiger partial charge in [0.15, 0.2) is 0 Å². The Labute approximate surface area is 75.7 Å². The lowest BCUT2D eigenvalue weighted by Gasteiger charge is -2.38. The lowest BCUT2D eigenvalue weighted by atomic mass is 9.91. The van der Waals surface area contributed by atoms with Crippen molar-refractivity contribution in [2.75, 3.05) is 6.61 Å². The van der Waals surface area contributed by atoms with Crippen molar-refractivity contribution in [3.8, 4) is 0 Å². The highest BCUT2D eigenvalue weighted by Crippen LogP contribution is 2.35. The second-order valence-corrected chi connectivity index (χ2v) is 3.41. The minimum atomic E-state index is -0.176. The first-order valence-electron chi connectivity index (χ1n) is 3.83. The summed E-state index contributed by atoms with van der Waals surface area (Å²) in [7, 11) is 0. The van der Waals surface area contributed by atoms with Crippen molar-refractivity contribution in [1.82, 2.24) is 9.97 Å². The van der Waals surface area contributed by atoms with E-state index in [-0.39, 0.29) is 10.9 Å². The summed E-state index contributed by atoms with van der Waals surface area (Å²) >= 11 is 5.56. The van der Waals surface area contributed by atoms with Crippen LogP contribution in [0, 0.1) is 0 Å². The number of nitrogens with zero attached hydrogens (tertiary/aromatic N) is 2. The van der Waals surface area contributed by atoms with Crippen LogP contribution in [-0.4, -0.2) is 16.6 Å². The van der Waals surface area contributed by atoms with Gasteiger partial charge in [0.2, 0.25) is 5.28 Å². The number of rotatable bonds is 1. The molecule has 2 rings (SSSR count). The van der Waals surface area contributed by atoms with Gasteiger partial charge >= 0.3 is 0 Å². The molecule has 1 aromatic rings. The monoisotopic (exact) mass is 184 g/mol. The Morgan fingerprint density at radius 1 is 1.50 bits per heavy atom. The minimum absolute atomic E-state index is 0.176. The molecule has 1 aliphatic heterocycles. The highest BCUT2D eigenvalue weighted by atomic mass is 35.5. The van der Waals surface area contributed by atoms with Gasteiger partial charge in [-0.1, -0.05) is 0 Å². The molecule has 64 valence electrons. The van der Waals surface area contributed by atoms with E-state index in [0.29, 0.717) is 0 Å². The molecule has 0 radical (unpaired) electrons. The van der Waals surface area contributed by atoms with Crippen LogP contribution in [0.1, 0.15) is 18.9 Å². The zero-order valence-corrected chi connectivity index (χ0v) is 7.51. The number of ether oxygens (including phenoxy) is 1. The molecule has 1 atom stereocenters. The third-order valence-corrected chi connectivity index (χ3v) is 2.43. The lowest BCUT2D eigenvalue weighted by Crippen LogP contribution is -2.37. The van der Waals surface area contributed by atoms with Crippen molar-refractivity contribution in [3.05, 3.63) is 23.2 Å². The van der Waals surface area contributed by atoms with E-state index in [2.05, 4.69) is 9.97 Å². The first-order chi connectivity index (χ1) is 5.71. The SMILES string of the molecule is CC1(c2cnc(Cl)nc2)CCO1. The molecule has 0 bridgehead atoms. The van der Waals surface area contributed by atoms with Crippen molar-refractivity contribution in [2.45, 2.75) is 18.9 Å². The van der Waals surface area contributed by atoms with Gasteiger partial charge in [-0.05, 0) is 18.5 Å². The Kier molecular flexibility index (Phi) is 1.77. The fourth-order valence-electron chi connectivity index (χ4n) is 1.22. The summed E-state index contributed by atoms with van der Waals surface area (Å²) in [6.45, 7) is 2.85. The molecule has 1 aliphatic rings. The van der Waals surface area contributed by atoms with E-state index in [0.717, 1.165) is 18.6 Å². The van der Waals surface area contributed by atoms with Gasteiger partial charge in [0.1, 0.15) is 0 Å². The molecule has 1 fully saturated rings. The van der Waals surface area contributed by atoms with Crippen molar-refractivity contribution < 1.29 is 4.74 Å². The Bertz CT molecular complexity index is 282. The van der Waals surface area contributed by atoms with Gasteiger partial charge in [-0.2, -0.15) is 0 Å². The summed E-state index contributed by atoms with van der Waals surface area (Å²) in [4.78, 5) is 7.80. The van der Waals surface area contributed by atoms with Crippen LogP contribution < -0.4 is 0 Å². The fraction of sp³-hybridized carbons (Fsp3) is 0.500. The largest absolute Gasteiger partial charge is 0.370 e. The van der Waals surface area contributed by atoms with Crippen LogP contribution in [0.4, 0.5) is 0 Å². The minimum Gasteiger partial charge on any atom is -0.370 e. The molecular formula is C8H9ClN2O. The van der Waals surface area contributed by atoms with E-state index in [1.54, 1.807) is 12.4 Å². The van der Waals surface area contributed by atoms with E-state index >= 15 is 0 Å². The predicted octanol–water partition coefficient (Wildman–Crippen LogP) is 1.77. The first-order valence-corrected chi connectivity index (χ1v) is 4.20. The van der Waals surface area contributed by atoms with Gasteiger partial charge in [0.05, 0.1) is 12.2 Å². The molecule has 1 saturated heterocycles. The molecule has 0 spiro atoms. The molecule has 1 aromatic heterocycles. The second-order valence-electron chi connectivity index (χ2n) is 3.07. The Morgan fingerprint density at radius 2 is 2.08 bits per heavy atom. The van der Waals surface area contributed by atoms with Crippen LogP contribution in [0.25, 0.3) is 0 Å². The number of hydrogen-bond acceptors (Lipinski definition) is 3. The summed E-state index contributed by atoms with van der Waals surface area (Å²) < 4.78 is 5.42. The average Bonchev–Trinajstić information content (AvgIpc) is 2.02. The lowest BCUT2D eigenvalue weighted by molar-refractivity contribution is -0.141. The molecule has 12 heavy (non-hydrogen) atoms. The predicted molar refractivity (Wildman–Crippen MR) is 45.0 cm³/mol. The van der Waals surface area contributed by atoms with E-state index in [9.17, 15) is 0 Å². The highest BCUT2D eigenvalue weighted by molar-refractivity contribution is 6.28. The summed E-state index contributed by atoms with van der Waals surface area (Å²) in [6, 6.07) is 0. The van der Waals surface area contributed by atoms with Gasteiger partial charge in [-0.25, -0.2) is 9.97 Å². The quantitative estimate of drug-likeness (QED) is 0.624. The van der Waals surface area contributed by atoms with Crippen LogP contribution in [-0.2, 0) is 10.3 Å². The third-order valence-electron chi connectivity index (χ3n) is 2.23. The van der Waals surface area contributed by atoms with Crippen molar-refractivity contribution >= 4 is 11.6 Å². The number of aromatic nitrogens is 2. The van der Waals surface area contributed by atoms with E-state index in [1.165, 1.54) is 0 Å². The van der Waals surface area contributed by atoms with Gasteiger partial charge in [-0.15, -0.1) is 0 Å². The third kappa shape index (κ3) is 1.19. The average molecular weight is 185 g/mol. The van der Waals surface area contributed by atoms with Crippen LogP contribution in [0.2, 0.25) is 5.28 Å². The normalized spacial score (nSPS) is 28.2. The number of hydrogen-bond donors (Lipinski definition) is 0. The zero-order chi connectivity index (χ0) is 8.60. The van der Waals surface area contributed by atoms with Crippen molar-refractivity contribution in [2.24, 2.45) is 0 Å². The Morgan fingerprint density at radius 3 is 2.50 bits per heavy atom. The van der Waals surface area contributed by atoms with E-state index < -0.39 is 0 Å². The molecule has 4 heteroatoms. The molecule has 0 N–H and O–H groups in total. The summed E-state index contributed by atoms with van der Waals surface area (Å²) in [5, 5.41) is 0.279. The van der Waals surface area contributed by atoms with Gasteiger partial charge in [0, 0.05) is 24.4 Å². The molecule has 0 amide bonds. The number of halogens is 1. The maximum Gasteiger partial charge on any atom is 0.222 e. The molecule has 0 aromatic carbocycles. The van der Waals surface area contributed by atoms with Crippen molar-refractivity contribution in [3.63, 3.8) is 0 Å². The van der Waals surface area contributed by atoms with Crippen LogP contribution in [0.5, 0.6) is 0 Å². The van der Waals surface area contributed by atoms with Gasteiger partial charge in [0.25, 0.3) is 0 Å². The molecule has 3 nitrogen and oxygen atoms in total. The summed E-state index contributed by atoms with van der Waals surface area (Å²) in [6.07, 6.45) is 4.46. The molecular weight excluding hydrogens is 176 g/mol. The van der Waals surface area contributed by atoms with Crippen LogP contribution in [0.3, 0.4) is 0 Å². The molecule has 0 saturated carbocycles. The maximum atomic E-state index is 5.56. The van der Waals surface area contributed by atoms with Crippen LogP contribution >= 0.6 is 11.6 Å². The summed E-state index contributed by atoms with van der Waals surface area (Å²) in [5.41, 5.74) is 0.822. The van der Waals surface area contributed by atoms with Crippen LogP contribution in [0.15, 0.2) is 12.4 Å². The Balaban J connectivity index is 2.28. The molecule has 0 aliphatic carbocycles. The van der Waals surface area contributed by atoms with E-state index in [4.69, 9.17) is 16.3 Å². The second kappa shape index (κ2) is 2.68. The van der Waals surface area contributed by atoms with Crippen molar-refractivity contribution in [1.29, 1.82) is 0 Å². The molecule has 2 heterocycles. The topological polar surface area (TPSA) is 35.0 Å². The van der Waals surface area contributed by atoms with E-state index in [1.807, 2.05) is 6.92 Å². The zero-order valence-electron chi connectivity index (χ0n) is 6.75. The van der Waals surface area contributed by atoms with Gasteiger partial charge < -0.3 is 4.74 Å². The first kappa shape index (κ1) is 7.95.